The average Bonchev–Trinajstić information content (AvgIpc) is 2.51. The molecule has 0 saturated heterocycles. The highest BCUT2D eigenvalue weighted by Crippen LogP contribution is 2.28. The molecule has 2 rings (SSSR count). The molecule has 0 amide bonds. The molecule has 1 aromatic heterocycles. The van der Waals surface area contributed by atoms with E-state index in [1.165, 1.54) is 19.3 Å². The van der Waals surface area contributed by atoms with Gasteiger partial charge in [-0.3, -0.25) is 0 Å². The van der Waals surface area contributed by atoms with Gasteiger partial charge in [0.25, 0.3) is 0 Å². The number of aromatic nitrogens is 1. The minimum absolute atomic E-state index is 0.100. The standard InChI is InChI=1S/C13H19BrN2O/c1-9-7-8-16-13(12(9)14)17-11-6-4-2-3-5-10(11)15/h7-8,10-11H,2-6,15H2,1H3. The Hall–Kier alpha value is -0.610. The molecule has 3 nitrogen and oxygen atoms in total. The summed E-state index contributed by atoms with van der Waals surface area (Å²) in [4.78, 5) is 4.27. The molecule has 1 aliphatic rings. The summed E-state index contributed by atoms with van der Waals surface area (Å²) in [5, 5.41) is 0. The number of aryl methyl sites for hydroxylation is 1. The first-order valence-electron chi connectivity index (χ1n) is 6.22. The summed E-state index contributed by atoms with van der Waals surface area (Å²) in [5.41, 5.74) is 7.28. The van der Waals surface area contributed by atoms with Crippen LogP contribution in [0.1, 0.15) is 37.7 Å². The van der Waals surface area contributed by atoms with Crippen molar-refractivity contribution in [1.82, 2.24) is 4.98 Å². The van der Waals surface area contributed by atoms with Crippen molar-refractivity contribution in [2.75, 3.05) is 0 Å². The van der Waals surface area contributed by atoms with Crippen molar-refractivity contribution >= 4 is 15.9 Å². The highest BCUT2D eigenvalue weighted by molar-refractivity contribution is 9.10. The Labute approximate surface area is 111 Å². The zero-order valence-electron chi connectivity index (χ0n) is 10.2. The maximum Gasteiger partial charge on any atom is 0.228 e. The number of rotatable bonds is 2. The second kappa shape index (κ2) is 5.83. The average molecular weight is 299 g/mol. The van der Waals surface area contributed by atoms with Gasteiger partial charge in [-0.05, 0) is 53.7 Å². The Balaban J connectivity index is 2.10. The van der Waals surface area contributed by atoms with E-state index in [1.807, 2.05) is 13.0 Å². The van der Waals surface area contributed by atoms with E-state index < -0.39 is 0 Å². The smallest absolute Gasteiger partial charge is 0.228 e. The predicted octanol–water partition coefficient (Wildman–Crippen LogP) is 3.19. The van der Waals surface area contributed by atoms with Crippen LogP contribution in [0.15, 0.2) is 16.7 Å². The molecule has 0 radical (unpaired) electrons. The molecule has 1 aliphatic carbocycles. The van der Waals surface area contributed by atoms with Crippen molar-refractivity contribution in [2.45, 2.75) is 51.2 Å². The third kappa shape index (κ3) is 3.19. The summed E-state index contributed by atoms with van der Waals surface area (Å²) in [6, 6.07) is 2.09. The topological polar surface area (TPSA) is 48.1 Å². The van der Waals surface area contributed by atoms with Crippen LogP contribution in [0.2, 0.25) is 0 Å². The zero-order valence-corrected chi connectivity index (χ0v) is 11.7. The highest BCUT2D eigenvalue weighted by atomic mass is 79.9. The van der Waals surface area contributed by atoms with Crippen LogP contribution in [-0.2, 0) is 0 Å². The maximum absolute atomic E-state index is 6.15. The lowest BCUT2D eigenvalue weighted by molar-refractivity contribution is 0.154. The van der Waals surface area contributed by atoms with E-state index in [9.17, 15) is 0 Å². The molecule has 1 aromatic rings. The maximum atomic E-state index is 6.15. The van der Waals surface area contributed by atoms with Crippen LogP contribution in [0.5, 0.6) is 5.88 Å². The number of hydrogen-bond donors (Lipinski definition) is 1. The van der Waals surface area contributed by atoms with Gasteiger partial charge in [-0.25, -0.2) is 4.98 Å². The second-order valence-electron chi connectivity index (χ2n) is 4.71. The van der Waals surface area contributed by atoms with E-state index in [4.69, 9.17) is 10.5 Å². The van der Waals surface area contributed by atoms with E-state index in [2.05, 4.69) is 20.9 Å². The largest absolute Gasteiger partial charge is 0.472 e. The van der Waals surface area contributed by atoms with Gasteiger partial charge in [-0.15, -0.1) is 0 Å². The van der Waals surface area contributed by atoms with E-state index >= 15 is 0 Å². The molecule has 0 bridgehead atoms. The first kappa shape index (κ1) is 12.8. The second-order valence-corrected chi connectivity index (χ2v) is 5.50. The lowest BCUT2D eigenvalue weighted by Crippen LogP contribution is -2.38. The SMILES string of the molecule is Cc1ccnc(OC2CCCCCC2N)c1Br. The summed E-state index contributed by atoms with van der Waals surface area (Å²) in [6.45, 7) is 2.03. The summed E-state index contributed by atoms with van der Waals surface area (Å²) in [5.74, 6) is 0.673. The summed E-state index contributed by atoms with van der Waals surface area (Å²) in [7, 11) is 0. The molecule has 1 heterocycles. The van der Waals surface area contributed by atoms with Gasteiger partial charge < -0.3 is 10.5 Å². The fraction of sp³-hybridized carbons (Fsp3) is 0.615. The number of nitrogens with two attached hydrogens (primary N) is 1. The van der Waals surface area contributed by atoms with Crippen LogP contribution < -0.4 is 10.5 Å². The van der Waals surface area contributed by atoms with Crippen LogP contribution in [0.3, 0.4) is 0 Å². The number of nitrogens with zero attached hydrogens (tertiary/aromatic N) is 1. The summed E-state index contributed by atoms with van der Waals surface area (Å²) >= 11 is 3.52. The summed E-state index contributed by atoms with van der Waals surface area (Å²) in [6.07, 6.45) is 7.62. The molecule has 4 heteroatoms. The first-order chi connectivity index (χ1) is 8.18. The van der Waals surface area contributed by atoms with Crippen molar-refractivity contribution in [3.63, 3.8) is 0 Å². The molecule has 2 N–H and O–H groups in total. The van der Waals surface area contributed by atoms with E-state index in [1.54, 1.807) is 6.20 Å². The Kier molecular flexibility index (Phi) is 4.40. The Morgan fingerprint density at radius 3 is 2.94 bits per heavy atom. The Morgan fingerprint density at radius 1 is 1.35 bits per heavy atom. The minimum Gasteiger partial charge on any atom is -0.472 e. The lowest BCUT2D eigenvalue weighted by Gasteiger charge is -2.23. The van der Waals surface area contributed by atoms with E-state index in [-0.39, 0.29) is 12.1 Å². The normalized spacial score (nSPS) is 25.4. The predicted molar refractivity (Wildman–Crippen MR) is 72.2 cm³/mol. The first-order valence-corrected chi connectivity index (χ1v) is 7.01. The fourth-order valence-electron chi connectivity index (χ4n) is 2.19. The number of ether oxygens (including phenoxy) is 1. The fourth-order valence-corrected chi connectivity index (χ4v) is 2.52. The van der Waals surface area contributed by atoms with Gasteiger partial charge in [0.05, 0.1) is 4.47 Å². The van der Waals surface area contributed by atoms with Gasteiger partial charge in [0.15, 0.2) is 0 Å². The molecule has 2 unspecified atom stereocenters. The minimum atomic E-state index is 0.100. The highest BCUT2D eigenvalue weighted by Gasteiger charge is 2.23. The number of pyridine rings is 1. The van der Waals surface area contributed by atoms with Crippen molar-refractivity contribution in [2.24, 2.45) is 5.73 Å². The van der Waals surface area contributed by atoms with Gasteiger partial charge in [-0.1, -0.05) is 12.8 Å². The van der Waals surface area contributed by atoms with Crippen molar-refractivity contribution in [3.05, 3.63) is 22.3 Å². The van der Waals surface area contributed by atoms with Gasteiger partial charge in [0, 0.05) is 12.2 Å². The molecule has 0 aromatic carbocycles. The Morgan fingerprint density at radius 2 is 2.12 bits per heavy atom. The van der Waals surface area contributed by atoms with Gasteiger partial charge in [0.1, 0.15) is 6.10 Å². The van der Waals surface area contributed by atoms with Crippen molar-refractivity contribution < 1.29 is 4.74 Å². The van der Waals surface area contributed by atoms with Crippen LogP contribution >= 0.6 is 15.9 Å². The third-order valence-corrected chi connectivity index (χ3v) is 4.28. The van der Waals surface area contributed by atoms with Crippen molar-refractivity contribution in [1.29, 1.82) is 0 Å². The van der Waals surface area contributed by atoms with Gasteiger partial charge >= 0.3 is 0 Å². The molecule has 0 spiro atoms. The van der Waals surface area contributed by atoms with Crippen LogP contribution in [-0.4, -0.2) is 17.1 Å². The molecule has 17 heavy (non-hydrogen) atoms. The van der Waals surface area contributed by atoms with Crippen LogP contribution in [0.25, 0.3) is 0 Å². The molecular formula is C13H19BrN2O. The number of halogens is 1. The monoisotopic (exact) mass is 298 g/mol. The Bertz CT molecular complexity index is 384. The third-order valence-electron chi connectivity index (χ3n) is 3.32. The molecule has 0 aliphatic heterocycles. The molecular weight excluding hydrogens is 280 g/mol. The van der Waals surface area contributed by atoms with E-state index in [0.717, 1.165) is 22.9 Å². The number of hydrogen-bond acceptors (Lipinski definition) is 3. The van der Waals surface area contributed by atoms with Gasteiger partial charge in [0.2, 0.25) is 5.88 Å². The quantitative estimate of drug-likeness (QED) is 0.853. The van der Waals surface area contributed by atoms with Crippen LogP contribution in [0, 0.1) is 6.92 Å². The summed E-state index contributed by atoms with van der Waals surface area (Å²) < 4.78 is 6.92. The lowest BCUT2D eigenvalue weighted by atomic mass is 10.1. The van der Waals surface area contributed by atoms with E-state index in [0.29, 0.717) is 5.88 Å². The van der Waals surface area contributed by atoms with Crippen LogP contribution in [0.4, 0.5) is 0 Å². The molecule has 1 saturated carbocycles. The van der Waals surface area contributed by atoms with Gasteiger partial charge in [-0.2, -0.15) is 0 Å². The molecule has 1 fully saturated rings. The van der Waals surface area contributed by atoms with Crippen molar-refractivity contribution in [3.8, 4) is 5.88 Å². The zero-order chi connectivity index (χ0) is 12.3. The molecule has 94 valence electrons. The molecule has 2 atom stereocenters.